The average Bonchev–Trinajstić information content (AvgIpc) is 2.98. The van der Waals surface area contributed by atoms with Gasteiger partial charge in [0.1, 0.15) is 10.9 Å². The molecule has 0 spiro atoms. The molecule has 3 rings (SSSR count). The van der Waals surface area contributed by atoms with Crippen molar-refractivity contribution in [3.05, 3.63) is 15.9 Å². The Labute approximate surface area is 114 Å². The normalized spacial score (nSPS) is 24.2. The number of halogens is 1. The van der Waals surface area contributed by atoms with Gasteiger partial charge in [-0.25, -0.2) is 0 Å². The second-order valence-electron chi connectivity index (χ2n) is 4.83. The Morgan fingerprint density at radius 1 is 1.56 bits per heavy atom. The molecule has 0 radical (unpaired) electrons. The van der Waals surface area contributed by atoms with Crippen LogP contribution in [0.2, 0.25) is 0 Å². The van der Waals surface area contributed by atoms with Gasteiger partial charge in [0.2, 0.25) is 0 Å². The number of carbonyl (C=O) groups excluding carboxylic acids is 1. The highest BCUT2D eigenvalue weighted by atomic mass is 79.9. The first-order valence-electron chi connectivity index (χ1n) is 6.29. The third-order valence-electron chi connectivity index (χ3n) is 3.70. The van der Waals surface area contributed by atoms with Crippen LogP contribution in [0.25, 0.3) is 0 Å². The van der Waals surface area contributed by atoms with Crippen molar-refractivity contribution in [3.63, 3.8) is 0 Å². The first kappa shape index (κ1) is 12.3. The zero-order valence-corrected chi connectivity index (χ0v) is 11.7. The molecule has 1 saturated heterocycles. The highest BCUT2D eigenvalue weighted by molar-refractivity contribution is 9.10. The lowest BCUT2D eigenvalue weighted by Crippen LogP contribution is -2.33. The van der Waals surface area contributed by atoms with Gasteiger partial charge in [-0.3, -0.25) is 9.58 Å². The Morgan fingerprint density at radius 2 is 2.44 bits per heavy atom. The number of rotatable bonds is 3. The molecule has 1 fully saturated rings. The number of ether oxygens (including phenoxy) is 1. The molecule has 2 aliphatic rings. The van der Waals surface area contributed by atoms with Crippen molar-refractivity contribution in [2.24, 2.45) is 0 Å². The van der Waals surface area contributed by atoms with Crippen molar-refractivity contribution in [2.75, 3.05) is 26.3 Å². The van der Waals surface area contributed by atoms with Gasteiger partial charge in [0.05, 0.1) is 19.2 Å². The number of aldehydes is 1. The van der Waals surface area contributed by atoms with E-state index in [4.69, 9.17) is 4.74 Å². The molecule has 3 heterocycles. The second-order valence-corrected chi connectivity index (χ2v) is 5.58. The molecular formula is C12H16BrN3O2. The second kappa shape index (κ2) is 5.11. The van der Waals surface area contributed by atoms with Crippen LogP contribution in [-0.2, 0) is 22.5 Å². The third-order valence-corrected chi connectivity index (χ3v) is 4.34. The molecule has 1 unspecified atom stereocenters. The number of carbonyl (C=O) groups is 1. The van der Waals surface area contributed by atoms with E-state index in [9.17, 15) is 4.79 Å². The standard InChI is InChI=1S/C12H16BrN3O2/c13-12-10-7-15(4-5-17)3-1-11(10)16(14-12)9-2-6-18-8-9/h5,9H,1-4,6-8H2. The Morgan fingerprint density at radius 3 is 3.17 bits per heavy atom. The lowest BCUT2D eigenvalue weighted by atomic mass is 10.1. The predicted octanol–water partition coefficient (Wildman–Crippen LogP) is 1.16. The van der Waals surface area contributed by atoms with Crippen LogP contribution in [0.15, 0.2) is 4.60 Å². The van der Waals surface area contributed by atoms with E-state index >= 15 is 0 Å². The fourth-order valence-electron chi connectivity index (χ4n) is 2.74. The van der Waals surface area contributed by atoms with Gasteiger partial charge in [-0.1, -0.05) is 0 Å². The summed E-state index contributed by atoms with van der Waals surface area (Å²) in [5, 5.41) is 4.61. The van der Waals surface area contributed by atoms with Crippen LogP contribution < -0.4 is 0 Å². The van der Waals surface area contributed by atoms with Crippen LogP contribution in [0, 0.1) is 0 Å². The predicted molar refractivity (Wildman–Crippen MR) is 69.4 cm³/mol. The molecule has 2 aliphatic heterocycles. The van der Waals surface area contributed by atoms with Crippen LogP contribution >= 0.6 is 15.9 Å². The molecule has 0 aromatic carbocycles. The molecule has 1 aromatic heterocycles. The summed E-state index contributed by atoms with van der Waals surface area (Å²) in [6.07, 6.45) is 2.96. The largest absolute Gasteiger partial charge is 0.379 e. The molecule has 0 saturated carbocycles. The fraction of sp³-hybridized carbons (Fsp3) is 0.667. The summed E-state index contributed by atoms with van der Waals surface area (Å²) in [4.78, 5) is 12.7. The Balaban J connectivity index is 1.87. The number of fused-ring (bicyclic) bond motifs is 1. The molecule has 18 heavy (non-hydrogen) atoms. The van der Waals surface area contributed by atoms with Crippen LogP contribution in [0.3, 0.4) is 0 Å². The SMILES string of the molecule is O=CCN1CCc2c(c(Br)nn2C2CCOC2)C1. The Hall–Kier alpha value is -0.720. The average molecular weight is 314 g/mol. The van der Waals surface area contributed by atoms with E-state index in [1.807, 2.05) is 0 Å². The van der Waals surface area contributed by atoms with Crippen molar-refractivity contribution < 1.29 is 9.53 Å². The maximum Gasteiger partial charge on any atom is 0.133 e. The van der Waals surface area contributed by atoms with Gasteiger partial charge in [0.25, 0.3) is 0 Å². The molecule has 0 N–H and O–H groups in total. The van der Waals surface area contributed by atoms with Gasteiger partial charge >= 0.3 is 0 Å². The fourth-order valence-corrected chi connectivity index (χ4v) is 3.26. The van der Waals surface area contributed by atoms with Crippen molar-refractivity contribution in [1.82, 2.24) is 14.7 Å². The number of hydrogen-bond acceptors (Lipinski definition) is 4. The molecular weight excluding hydrogens is 298 g/mol. The van der Waals surface area contributed by atoms with Crippen LogP contribution in [0.1, 0.15) is 23.7 Å². The zero-order valence-electron chi connectivity index (χ0n) is 10.1. The topological polar surface area (TPSA) is 47.4 Å². The molecule has 6 heteroatoms. The van der Waals surface area contributed by atoms with E-state index in [0.29, 0.717) is 12.6 Å². The molecule has 5 nitrogen and oxygen atoms in total. The van der Waals surface area contributed by atoms with E-state index in [1.165, 1.54) is 11.3 Å². The molecule has 0 bridgehead atoms. The zero-order chi connectivity index (χ0) is 12.5. The van der Waals surface area contributed by atoms with Gasteiger partial charge in [-0.2, -0.15) is 5.10 Å². The van der Waals surface area contributed by atoms with Gasteiger partial charge in [-0.15, -0.1) is 0 Å². The summed E-state index contributed by atoms with van der Waals surface area (Å²) in [7, 11) is 0. The van der Waals surface area contributed by atoms with Gasteiger partial charge in [-0.05, 0) is 22.4 Å². The smallest absolute Gasteiger partial charge is 0.133 e. The molecule has 0 aliphatic carbocycles. The first-order valence-corrected chi connectivity index (χ1v) is 7.08. The maximum atomic E-state index is 10.6. The molecule has 98 valence electrons. The minimum atomic E-state index is 0.377. The summed E-state index contributed by atoms with van der Waals surface area (Å²) in [6.45, 7) is 3.83. The summed E-state index contributed by atoms with van der Waals surface area (Å²) >= 11 is 3.54. The third kappa shape index (κ3) is 2.13. The summed E-state index contributed by atoms with van der Waals surface area (Å²) in [5.74, 6) is 0. The minimum absolute atomic E-state index is 0.377. The molecule has 1 atom stereocenters. The highest BCUT2D eigenvalue weighted by Crippen LogP contribution is 2.30. The molecule has 0 amide bonds. The van der Waals surface area contributed by atoms with E-state index in [-0.39, 0.29) is 0 Å². The highest BCUT2D eigenvalue weighted by Gasteiger charge is 2.28. The molecule has 1 aromatic rings. The summed E-state index contributed by atoms with van der Waals surface area (Å²) in [6, 6.07) is 0.377. The van der Waals surface area contributed by atoms with E-state index < -0.39 is 0 Å². The lowest BCUT2D eigenvalue weighted by molar-refractivity contribution is -0.109. The monoisotopic (exact) mass is 313 g/mol. The summed E-state index contributed by atoms with van der Waals surface area (Å²) < 4.78 is 8.48. The summed E-state index contributed by atoms with van der Waals surface area (Å²) in [5.41, 5.74) is 2.54. The first-order chi connectivity index (χ1) is 8.79. The van der Waals surface area contributed by atoms with Crippen molar-refractivity contribution in [3.8, 4) is 0 Å². The van der Waals surface area contributed by atoms with Crippen LogP contribution in [-0.4, -0.2) is 47.3 Å². The van der Waals surface area contributed by atoms with Crippen molar-refractivity contribution >= 4 is 22.2 Å². The van der Waals surface area contributed by atoms with E-state index in [1.54, 1.807) is 0 Å². The Bertz CT molecular complexity index is 454. The van der Waals surface area contributed by atoms with Gasteiger partial charge < -0.3 is 9.53 Å². The van der Waals surface area contributed by atoms with E-state index in [2.05, 4.69) is 30.6 Å². The number of aromatic nitrogens is 2. The van der Waals surface area contributed by atoms with E-state index in [0.717, 1.165) is 50.0 Å². The lowest BCUT2D eigenvalue weighted by Gasteiger charge is -2.26. The van der Waals surface area contributed by atoms with Crippen LogP contribution in [0.4, 0.5) is 0 Å². The van der Waals surface area contributed by atoms with Crippen molar-refractivity contribution in [1.29, 1.82) is 0 Å². The Kier molecular flexibility index (Phi) is 3.50. The number of hydrogen-bond donors (Lipinski definition) is 0. The quantitative estimate of drug-likeness (QED) is 0.786. The number of nitrogens with zero attached hydrogens (tertiary/aromatic N) is 3. The van der Waals surface area contributed by atoms with Gasteiger partial charge in [0, 0.05) is 37.4 Å². The van der Waals surface area contributed by atoms with Crippen molar-refractivity contribution in [2.45, 2.75) is 25.4 Å². The minimum Gasteiger partial charge on any atom is -0.379 e. The van der Waals surface area contributed by atoms with Gasteiger partial charge in [0.15, 0.2) is 0 Å². The maximum absolute atomic E-state index is 10.6. The van der Waals surface area contributed by atoms with Crippen LogP contribution in [0.5, 0.6) is 0 Å².